The van der Waals surface area contributed by atoms with Crippen LogP contribution in [-0.4, -0.2) is 100 Å². The predicted octanol–water partition coefficient (Wildman–Crippen LogP) is 3.07. The number of fused-ring (bicyclic) bond motifs is 1. The molecule has 2 aromatic rings. The molecule has 0 bridgehead atoms. The van der Waals surface area contributed by atoms with E-state index < -0.39 is 46.9 Å². The van der Waals surface area contributed by atoms with Gasteiger partial charge in [0.05, 0.1) is 16.3 Å². The highest BCUT2D eigenvalue weighted by Gasteiger charge is 2.47. The Kier molecular flexibility index (Phi) is 10.3. The number of urea groups is 1. The number of amides is 5. The molecule has 5 amide bonds. The third kappa shape index (κ3) is 8.29. The van der Waals surface area contributed by atoms with Crippen molar-refractivity contribution in [1.29, 1.82) is 0 Å². The maximum absolute atomic E-state index is 14.4. The van der Waals surface area contributed by atoms with Crippen molar-refractivity contribution in [2.45, 2.75) is 103 Å². The third-order valence-electron chi connectivity index (χ3n) is 9.22. The molecule has 5 atom stereocenters. The van der Waals surface area contributed by atoms with Crippen LogP contribution in [0, 0.1) is 11.3 Å². The minimum Gasteiger partial charge on any atom is -0.356 e. The number of thiazole rings is 1. The van der Waals surface area contributed by atoms with Crippen molar-refractivity contribution >= 4 is 51.1 Å². The third-order valence-corrected chi connectivity index (χ3v) is 10.3. The summed E-state index contributed by atoms with van der Waals surface area (Å²) < 4.78 is 0.858. The van der Waals surface area contributed by atoms with E-state index in [1.165, 1.54) is 11.3 Å². The molecule has 47 heavy (non-hydrogen) atoms. The van der Waals surface area contributed by atoms with Gasteiger partial charge in [0.2, 0.25) is 23.5 Å². The molecule has 0 aliphatic carbocycles. The Labute approximate surface area is 280 Å². The van der Waals surface area contributed by atoms with Crippen molar-refractivity contribution in [1.82, 2.24) is 36.1 Å². The second-order valence-corrected chi connectivity index (χ2v) is 16.2. The lowest BCUT2D eigenvalue weighted by Gasteiger charge is -2.36. The molecule has 13 heteroatoms. The predicted molar refractivity (Wildman–Crippen MR) is 181 cm³/mol. The van der Waals surface area contributed by atoms with Crippen LogP contribution >= 0.6 is 11.3 Å². The van der Waals surface area contributed by atoms with Gasteiger partial charge in [0, 0.05) is 30.6 Å². The molecule has 1 aromatic carbocycles. The summed E-state index contributed by atoms with van der Waals surface area (Å²) in [5, 5.41) is 11.8. The lowest BCUT2D eigenvalue weighted by atomic mass is 9.85. The van der Waals surface area contributed by atoms with Crippen LogP contribution in [0.5, 0.6) is 0 Å². The molecule has 0 unspecified atom stereocenters. The summed E-state index contributed by atoms with van der Waals surface area (Å²) in [4.78, 5) is 76.7. The normalized spacial score (nSPS) is 23.4. The largest absolute Gasteiger partial charge is 0.356 e. The van der Waals surface area contributed by atoms with Crippen molar-refractivity contribution in [2.24, 2.45) is 11.3 Å². The minimum atomic E-state index is -0.992. The van der Waals surface area contributed by atoms with Crippen molar-refractivity contribution in [2.75, 3.05) is 26.2 Å². The Morgan fingerprint density at radius 2 is 1.74 bits per heavy atom. The number of aromatic nitrogens is 1. The summed E-state index contributed by atoms with van der Waals surface area (Å²) >= 11 is 1.26. The Morgan fingerprint density at radius 1 is 1.04 bits per heavy atom. The number of nitrogens with one attached hydrogen (secondary N) is 4. The fourth-order valence-electron chi connectivity index (χ4n) is 6.78. The molecule has 4 heterocycles. The molecule has 0 saturated carbocycles. The van der Waals surface area contributed by atoms with E-state index in [0.717, 1.165) is 30.6 Å². The molecule has 3 fully saturated rings. The van der Waals surface area contributed by atoms with E-state index in [2.05, 4.69) is 31.2 Å². The van der Waals surface area contributed by atoms with Crippen LogP contribution in [0.4, 0.5) is 4.79 Å². The highest BCUT2D eigenvalue weighted by atomic mass is 32.1. The molecule has 3 aliphatic rings. The Morgan fingerprint density at radius 3 is 2.36 bits per heavy atom. The number of benzene rings is 1. The molecule has 0 radical (unpaired) electrons. The lowest BCUT2D eigenvalue weighted by Crippen LogP contribution is -2.61. The van der Waals surface area contributed by atoms with Gasteiger partial charge in [-0.1, -0.05) is 32.9 Å². The van der Waals surface area contributed by atoms with Gasteiger partial charge in [-0.25, -0.2) is 9.78 Å². The van der Waals surface area contributed by atoms with Crippen LogP contribution < -0.4 is 21.3 Å². The summed E-state index contributed by atoms with van der Waals surface area (Å²) in [6.45, 7) is 13.9. The molecular formula is C34H49N7O5S. The van der Waals surface area contributed by atoms with E-state index in [0.29, 0.717) is 31.4 Å². The second kappa shape index (κ2) is 13.9. The average molecular weight is 668 g/mol. The zero-order valence-corrected chi connectivity index (χ0v) is 29.2. The van der Waals surface area contributed by atoms with Gasteiger partial charge in [-0.15, -0.1) is 11.3 Å². The van der Waals surface area contributed by atoms with E-state index >= 15 is 0 Å². The molecule has 4 N–H and O–H groups in total. The molecule has 0 spiro atoms. The first-order valence-corrected chi connectivity index (χ1v) is 17.5. The van der Waals surface area contributed by atoms with Gasteiger partial charge in [0.15, 0.2) is 5.01 Å². The maximum Gasteiger partial charge on any atom is 0.315 e. The van der Waals surface area contributed by atoms with Gasteiger partial charge in [0.1, 0.15) is 12.1 Å². The highest BCUT2D eigenvalue weighted by Crippen LogP contribution is 2.31. The molecular weight excluding hydrogens is 618 g/mol. The fraction of sp³-hybridized carbons (Fsp3) is 0.647. The quantitative estimate of drug-likeness (QED) is 0.300. The maximum atomic E-state index is 14.4. The number of hydrogen-bond donors (Lipinski definition) is 4. The van der Waals surface area contributed by atoms with Crippen molar-refractivity contribution in [3.05, 3.63) is 29.3 Å². The van der Waals surface area contributed by atoms with Gasteiger partial charge >= 0.3 is 6.03 Å². The Hall–Kier alpha value is -3.58. The smallest absolute Gasteiger partial charge is 0.315 e. The average Bonchev–Trinajstić information content (AvgIpc) is 3.79. The number of carbonyl (C=O) groups is 5. The molecule has 3 saturated heterocycles. The molecule has 3 aliphatic heterocycles. The van der Waals surface area contributed by atoms with E-state index in [1.807, 2.05) is 65.8 Å². The number of ketones is 1. The van der Waals surface area contributed by atoms with Gasteiger partial charge in [0.25, 0.3) is 0 Å². The summed E-state index contributed by atoms with van der Waals surface area (Å²) in [5.41, 5.74) is -0.463. The monoisotopic (exact) mass is 667 g/mol. The van der Waals surface area contributed by atoms with E-state index in [-0.39, 0.29) is 35.1 Å². The Balaban J connectivity index is 1.42. The first-order chi connectivity index (χ1) is 22.1. The van der Waals surface area contributed by atoms with E-state index in [4.69, 9.17) is 0 Å². The van der Waals surface area contributed by atoms with Crippen LogP contribution in [0.2, 0.25) is 0 Å². The zero-order valence-electron chi connectivity index (χ0n) is 28.4. The fourth-order valence-corrected chi connectivity index (χ4v) is 7.74. The number of rotatable bonds is 9. The SMILES string of the molecule is CC(C)(C)NC(=O)N[C@H](C(=O)N1C[C@H](N2CCCC2)C[C@H]1C(=O)N[C@@H](C[C@H]1CCNC1=O)C(=O)c1nc2ccccc2s1)C(C)(C)C. The number of Topliss-reactive ketones (excluding diaryl/α,β-unsaturated/α-hetero) is 1. The molecule has 12 nitrogen and oxygen atoms in total. The summed E-state index contributed by atoms with van der Waals surface area (Å²) in [6.07, 6.45) is 3.24. The number of para-hydroxylation sites is 1. The zero-order chi connectivity index (χ0) is 34.1. The Bertz CT molecular complexity index is 1470. The second-order valence-electron chi connectivity index (χ2n) is 15.2. The van der Waals surface area contributed by atoms with Gasteiger partial charge in [-0.2, -0.15) is 0 Å². The van der Waals surface area contributed by atoms with Gasteiger partial charge in [-0.05, 0) is 83.5 Å². The van der Waals surface area contributed by atoms with Crippen LogP contribution in [-0.2, 0) is 14.4 Å². The molecule has 5 rings (SSSR count). The summed E-state index contributed by atoms with van der Waals surface area (Å²) in [5.74, 6) is -1.69. The topological polar surface area (TPSA) is 153 Å². The van der Waals surface area contributed by atoms with Crippen LogP contribution in [0.25, 0.3) is 10.2 Å². The summed E-state index contributed by atoms with van der Waals surface area (Å²) in [6, 6.07) is 4.23. The van der Waals surface area contributed by atoms with E-state index in [9.17, 15) is 24.0 Å². The van der Waals surface area contributed by atoms with E-state index in [1.54, 1.807) is 4.90 Å². The molecule has 256 valence electrons. The number of carbonyl (C=O) groups excluding carboxylic acids is 5. The van der Waals surface area contributed by atoms with Crippen LogP contribution in [0.3, 0.4) is 0 Å². The first kappa shape index (κ1) is 34.7. The highest BCUT2D eigenvalue weighted by molar-refractivity contribution is 7.20. The van der Waals surface area contributed by atoms with Crippen molar-refractivity contribution in [3.63, 3.8) is 0 Å². The van der Waals surface area contributed by atoms with Crippen LogP contribution in [0.15, 0.2) is 24.3 Å². The number of likely N-dealkylation sites (tertiary alicyclic amines) is 2. The lowest BCUT2D eigenvalue weighted by molar-refractivity contribution is -0.142. The minimum absolute atomic E-state index is 0.0276. The van der Waals surface area contributed by atoms with Crippen LogP contribution in [0.1, 0.15) is 83.4 Å². The number of nitrogens with zero attached hydrogens (tertiary/aromatic N) is 3. The summed E-state index contributed by atoms with van der Waals surface area (Å²) in [7, 11) is 0. The van der Waals surface area contributed by atoms with Crippen molar-refractivity contribution in [3.8, 4) is 0 Å². The van der Waals surface area contributed by atoms with Gasteiger partial charge in [-0.3, -0.25) is 24.1 Å². The standard InChI is InChI=1S/C34H49N7O5S/c1-33(2,3)27(38-32(46)39-34(4,5)6)31(45)41-19-21(40-15-9-10-16-40)18-24(41)29(44)36-23(17-20-13-14-35-28(20)43)26(42)30-37-22-11-7-8-12-25(22)47-30/h7-8,11-12,20-21,23-24,27H,9-10,13-19H2,1-6H3,(H,35,43)(H,36,44)(H2,38,39,46)/t20-,21-,23+,24+,27-/m1/s1. The first-order valence-electron chi connectivity index (χ1n) is 16.7. The van der Waals surface area contributed by atoms with Crippen molar-refractivity contribution < 1.29 is 24.0 Å². The number of hydrogen-bond acceptors (Lipinski definition) is 8. The van der Waals surface area contributed by atoms with Gasteiger partial charge < -0.3 is 26.2 Å². The molecule has 1 aromatic heterocycles.